The van der Waals surface area contributed by atoms with Crippen LogP contribution in [0.2, 0.25) is 0 Å². The van der Waals surface area contributed by atoms with Crippen LogP contribution in [0, 0.1) is 6.92 Å². The lowest BCUT2D eigenvalue weighted by Crippen LogP contribution is -2.41. The van der Waals surface area contributed by atoms with Crippen LogP contribution in [0.25, 0.3) is 11.0 Å². The molecule has 2 N–H and O–H groups in total. The van der Waals surface area contributed by atoms with Crippen molar-refractivity contribution in [2.45, 2.75) is 39.0 Å². The highest BCUT2D eigenvalue weighted by atomic mass is 32.1. The van der Waals surface area contributed by atoms with Gasteiger partial charge in [-0.2, -0.15) is 0 Å². The first kappa shape index (κ1) is 18.0. The van der Waals surface area contributed by atoms with Crippen molar-refractivity contribution in [3.63, 3.8) is 0 Å². The van der Waals surface area contributed by atoms with Crippen molar-refractivity contribution in [1.29, 1.82) is 0 Å². The quantitative estimate of drug-likeness (QED) is 0.629. The molecule has 0 spiro atoms. The first-order valence-electron chi connectivity index (χ1n) is 9.73. The van der Waals surface area contributed by atoms with Crippen molar-refractivity contribution < 1.29 is 0 Å². The third-order valence-electron chi connectivity index (χ3n) is 5.36. The number of hydrogen-bond donors (Lipinski definition) is 2. The minimum atomic E-state index is 0.383. The summed E-state index contributed by atoms with van der Waals surface area (Å²) >= 11 is 5.69. The maximum Gasteiger partial charge on any atom is 0.173 e. The van der Waals surface area contributed by atoms with Crippen LogP contribution in [0.5, 0.6) is 0 Å². The average molecular weight is 379 g/mol. The fraction of sp³-hybridized carbons (Fsp3) is 0.364. The standard InChI is InChI=1S/C22H26N4S/c1-3-16-7-9-18(10-8-16)23-22(27)26-12-4-5-17(14-26)21-24-19-11-6-15(2)13-20(19)25-21/h6-11,13,17H,3-5,12,14H2,1-2H3,(H,23,27)(H,24,25). The van der Waals surface area contributed by atoms with Gasteiger partial charge in [0.05, 0.1) is 11.0 Å². The summed E-state index contributed by atoms with van der Waals surface area (Å²) in [5.41, 5.74) is 5.81. The fourth-order valence-electron chi connectivity index (χ4n) is 3.75. The number of imidazole rings is 1. The van der Waals surface area contributed by atoms with E-state index < -0.39 is 0 Å². The third kappa shape index (κ3) is 3.98. The van der Waals surface area contributed by atoms with Gasteiger partial charge in [0.15, 0.2) is 5.11 Å². The molecule has 4 nitrogen and oxygen atoms in total. The number of fused-ring (bicyclic) bond motifs is 1. The van der Waals surface area contributed by atoms with Crippen LogP contribution in [0.1, 0.15) is 42.6 Å². The van der Waals surface area contributed by atoms with Crippen molar-refractivity contribution in [3.8, 4) is 0 Å². The molecule has 1 aliphatic rings. The van der Waals surface area contributed by atoms with Gasteiger partial charge in [0.25, 0.3) is 0 Å². The minimum absolute atomic E-state index is 0.383. The summed E-state index contributed by atoms with van der Waals surface area (Å²) in [6.45, 7) is 6.17. The molecule has 1 unspecified atom stereocenters. The van der Waals surface area contributed by atoms with Crippen molar-refractivity contribution in [3.05, 3.63) is 59.4 Å². The molecule has 3 aromatic rings. The Morgan fingerprint density at radius 1 is 1.26 bits per heavy atom. The fourth-order valence-corrected chi connectivity index (χ4v) is 4.03. The van der Waals surface area contributed by atoms with E-state index in [1.807, 2.05) is 0 Å². The second kappa shape index (κ2) is 7.69. The zero-order valence-electron chi connectivity index (χ0n) is 16.0. The molecule has 1 fully saturated rings. The largest absolute Gasteiger partial charge is 0.348 e. The molecule has 1 aliphatic heterocycles. The summed E-state index contributed by atoms with van der Waals surface area (Å²) in [4.78, 5) is 10.6. The molecule has 1 saturated heterocycles. The highest BCUT2D eigenvalue weighted by Crippen LogP contribution is 2.27. The lowest BCUT2D eigenvalue weighted by molar-refractivity contribution is 0.307. The van der Waals surface area contributed by atoms with E-state index in [4.69, 9.17) is 17.2 Å². The molecule has 5 heteroatoms. The van der Waals surface area contributed by atoms with Gasteiger partial charge >= 0.3 is 0 Å². The molecule has 4 rings (SSSR count). The molecular formula is C22H26N4S. The van der Waals surface area contributed by atoms with E-state index in [1.165, 1.54) is 11.1 Å². The topological polar surface area (TPSA) is 44.0 Å². The van der Waals surface area contributed by atoms with Crippen LogP contribution in [0.15, 0.2) is 42.5 Å². The number of aromatic nitrogens is 2. The smallest absolute Gasteiger partial charge is 0.173 e. The SMILES string of the molecule is CCc1ccc(NC(=S)N2CCCC(c3nc4ccc(C)cc4[nH]3)C2)cc1. The number of benzene rings is 2. The summed E-state index contributed by atoms with van der Waals surface area (Å²) in [7, 11) is 0. The summed E-state index contributed by atoms with van der Waals surface area (Å²) in [5, 5.41) is 4.20. The van der Waals surface area contributed by atoms with E-state index in [0.717, 1.165) is 60.0 Å². The number of piperidine rings is 1. The van der Waals surface area contributed by atoms with Crippen LogP contribution >= 0.6 is 12.2 Å². The number of thiocarbonyl (C=S) groups is 1. The highest BCUT2D eigenvalue weighted by molar-refractivity contribution is 7.80. The van der Waals surface area contributed by atoms with Crippen LogP contribution in [0.3, 0.4) is 0 Å². The molecule has 1 aromatic heterocycles. The molecule has 140 valence electrons. The summed E-state index contributed by atoms with van der Waals surface area (Å²) in [6.07, 6.45) is 3.32. The molecule has 2 heterocycles. The number of likely N-dealkylation sites (tertiary alicyclic amines) is 1. The van der Waals surface area contributed by atoms with Crippen LogP contribution in [0.4, 0.5) is 5.69 Å². The second-order valence-electron chi connectivity index (χ2n) is 7.41. The Bertz CT molecular complexity index is 945. The molecule has 0 aliphatic carbocycles. The van der Waals surface area contributed by atoms with E-state index in [0.29, 0.717) is 5.92 Å². The Hall–Kier alpha value is -2.40. The van der Waals surface area contributed by atoms with Gasteiger partial charge in [0.1, 0.15) is 5.82 Å². The zero-order valence-corrected chi connectivity index (χ0v) is 16.8. The van der Waals surface area contributed by atoms with Crippen LogP contribution in [-0.2, 0) is 6.42 Å². The maximum atomic E-state index is 5.69. The van der Waals surface area contributed by atoms with Gasteiger partial charge in [-0.3, -0.25) is 0 Å². The predicted octanol–water partition coefficient (Wildman–Crippen LogP) is 5.01. The number of nitrogens with one attached hydrogen (secondary N) is 2. The van der Waals surface area contributed by atoms with Gasteiger partial charge in [0.2, 0.25) is 0 Å². The van der Waals surface area contributed by atoms with Crippen molar-refractivity contribution in [1.82, 2.24) is 14.9 Å². The molecule has 2 aromatic carbocycles. The Balaban J connectivity index is 1.45. The first-order valence-corrected chi connectivity index (χ1v) is 10.1. The van der Waals surface area contributed by atoms with Gasteiger partial charge < -0.3 is 15.2 Å². The van der Waals surface area contributed by atoms with Gasteiger partial charge in [0, 0.05) is 24.7 Å². The maximum absolute atomic E-state index is 5.69. The molecule has 27 heavy (non-hydrogen) atoms. The highest BCUT2D eigenvalue weighted by Gasteiger charge is 2.25. The Morgan fingerprint density at radius 2 is 2.07 bits per heavy atom. The number of aromatic amines is 1. The van der Waals surface area contributed by atoms with Gasteiger partial charge in [-0.05, 0) is 73.8 Å². The molecule has 0 bridgehead atoms. The van der Waals surface area contributed by atoms with E-state index >= 15 is 0 Å². The predicted molar refractivity (Wildman–Crippen MR) is 116 cm³/mol. The lowest BCUT2D eigenvalue weighted by Gasteiger charge is -2.33. The van der Waals surface area contributed by atoms with Gasteiger partial charge in [-0.15, -0.1) is 0 Å². The Morgan fingerprint density at radius 3 is 2.85 bits per heavy atom. The molecule has 0 saturated carbocycles. The Kier molecular flexibility index (Phi) is 5.12. The summed E-state index contributed by atoms with van der Waals surface area (Å²) < 4.78 is 0. The Labute approximate surface area is 166 Å². The average Bonchev–Trinajstić information content (AvgIpc) is 3.12. The molecule has 0 amide bonds. The molecular weight excluding hydrogens is 352 g/mol. The number of H-pyrrole nitrogens is 1. The van der Waals surface area contributed by atoms with E-state index in [2.05, 4.69) is 71.5 Å². The number of rotatable bonds is 3. The number of anilines is 1. The third-order valence-corrected chi connectivity index (χ3v) is 5.72. The van der Waals surface area contributed by atoms with Crippen molar-refractivity contribution >= 4 is 34.1 Å². The molecule has 0 radical (unpaired) electrons. The monoisotopic (exact) mass is 378 g/mol. The zero-order chi connectivity index (χ0) is 18.8. The number of aryl methyl sites for hydroxylation is 2. The summed E-state index contributed by atoms with van der Waals surface area (Å²) in [5.74, 6) is 1.46. The van der Waals surface area contributed by atoms with E-state index in [9.17, 15) is 0 Å². The first-order chi connectivity index (χ1) is 13.1. The van der Waals surface area contributed by atoms with Crippen LogP contribution < -0.4 is 5.32 Å². The number of hydrogen-bond acceptors (Lipinski definition) is 2. The number of nitrogens with zero attached hydrogens (tertiary/aromatic N) is 2. The minimum Gasteiger partial charge on any atom is -0.348 e. The molecule has 1 atom stereocenters. The normalized spacial score (nSPS) is 17.3. The van der Waals surface area contributed by atoms with Crippen molar-refractivity contribution in [2.75, 3.05) is 18.4 Å². The van der Waals surface area contributed by atoms with Gasteiger partial charge in [-0.25, -0.2) is 4.98 Å². The van der Waals surface area contributed by atoms with E-state index in [1.54, 1.807) is 0 Å². The lowest BCUT2D eigenvalue weighted by atomic mass is 9.98. The van der Waals surface area contributed by atoms with Crippen LogP contribution in [-0.4, -0.2) is 33.1 Å². The summed E-state index contributed by atoms with van der Waals surface area (Å²) in [6, 6.07) is 14.9. The van der Waals surface area contributed by atoms with Crippen molar-refractivity contribution in [2.24, 2.45) is 0 Å². The van der Waals surface area contributed by atoms with Gasteiger partial charge in [-0.1, -0.05) is 25.1 Å². The second-order valence-corrected chi connectivity index (χ2v) is 7.80. The van der Waals surface area contributed by atoms with E-state index in [-0.39, 0.29) is 0 Å².